The predicted molar refractivity (Wildman–Crippen MR) is 131 cm³/mol. The van der Waals surface area contributed by atoms with E-state index >= 15 is 0 Å². The minimum atomic E-state index is -4.36. The van der Waals surface area contributed by atoms with E-state index in [9.17, 15) is 18.0 Å². The van der Waals surface area contributed by atoms with Crippen LogP contribution in [0.1, 0.15) is 22.5 Å². The van der Waals surface area contributed by atoms with Crippen LogP contribution in [-0.4, -0.2) is 21.3 Å². The van der Waals surface area contributed by atoms with Crippen LogP contribution in [0.4, 0.5) is 13.2 Å². The number of halogens is 3. The molecular formula is C27H23F3N4O2. The van der Waals surface area contributed by atoms with E-state index in [4.69, 9.17) is 9.72 Å². The summed E-state index contributed by atoms with van der Waals surface area (Å²) in [5, 5.41) is 8.36. The molecule has 0 amide bonds. The van der Waals surface area contributed by atoms with Gasteiger partial charge >= 0.3 is 6.18 Å². The Morgan fingerprint density at radius 3 is 2.56 bits per heavy atom. The highest BCUT2D eigenvalue weighted by atomic mass is 19.4. The SMILES string of the molecule is Cc1[nH]n2c(=O)cc(CNCOCc3ccc(C(F)(F)F)cc3)nc2c1-c1cccc2ccccc12. The number of aryl methyl sites for hydroxylation is 1. The number of nitrogens with zero attached hydrogens (tertiary/aromatic N) is 2. The zero-order chi connectivity index (χ0) is 25.3. The Labute approximate surface area is 204 Å². The number of alkyl halides is 3. The third-order valence-electron chi connectivity index (χ3n) is 5.97. The van der Waals surface area contributed by atoms with Crippen molar-refractivity contribution in [2.75, 3.05) is 6.73 Å². The Morgan fingerprint density at radius 1 is 1.03 bits per heavy atom. The lowest BCUT2D eigenvalue weighted by molar-refractivity contribution is -0.137. The number of benzene rings is 3. The molecule has 0 saturated carbocycles. The normalized spacial score (nSPS) is 12.0. The monoisotopic (exact) mass is 492 g/mol. The summed E-state index contributed by atoms with van der Waals surface area (Å²) in [6, 6.07) is 20.4. The summed E-state index contributed by atoms with van der Waals surface area (Å²) in [5.74, 6) is 0. The highest BCUT2D eigenvalue weighted by Crippen LogP contribution is 2.33. The second-order valence-electron chi connectivity index (χ2n) is 8.50. The Kier molecular flexibility index (Phi) is 6.34. The van der Waals surface area contributed by atoms with Gasteiger partial charge in [0.1, 0.15) is 0 Å². The molecule has 5 aromatic rings. The number of aromatic amines is 1. The highest BCUT2D eigenvalue weighted by Gasteiger charge is 2.29. The van der Waals surface area contributed by atoms with E-state index in [1.54, 1.807) is 0 Å². The number of nitrogens with one attached hydrogen (secondary N) is 2. The first-order chi connectivity index (χ1) is 17.3. The van der Waals surface area contributed by atoms with Gasteiger partial charge in [-0.3, -0.25) is 15.2 Å². The first-order valence-electron chi connectivity index (χ1n) is 11.4. The highest BCUT2D eigenvalue weighted by molar-refractivity contribution is 6.00. The maximum atomic E-state index is 12.8. The summed E-state index contributed by atoms with van der Waals surface area (Å²) in [7, 11) is 0. The van der Waals surface area contributed by atoms with E-state index < -0.39 is 11.7 Å². The molecule has 0 radical (unpaired) electrons. The zero-order valence-electron chi connectivity index (χ0n) is 19.4. The molecule has 2 aromatic heterocycles. The average Bonchev–Trinajstić information content (AvgIpc) is 3.19. The standard InChI is InChI=1S/C27H23F3N4O2/c1-17-25(23-8-4-6-19-5-2-3-7-22(19)23)26-32-21(13-24(35)34(26)33-17)14-31-16-36-15-18-9-11-20(12-10-18)27(28,29)30/h2-13,31,33H,14-16H2,1H3. The van der Waals surface area contributed by atoms with Gasteiger partial charge in [-0.05, 0) is 41.0 Å². The quantitative estimate of drug-likeness (QED) is 0.235. The number of aromatic nitrogens is 3. The van der Waals surface area contributed by atoms with Crippen LogP contribution >= 0.6 is 0 Å². The first-order valence-corrected chi connectivity index (χ1v) is 11.4. The topological polar surface area (TPSA) is 71.4 Å². The second-order valence-corrected chi connectivity index (χ2v) is 8.50. The van der Waals surface area contributed by atoms with Gasteiger partial charge < -0.3 is 4.74 Å². The molecule has 0 aliphatic heterocycles. The molecule has 0 aliphatic carbocycles. The molecule has 0 unspecified atom stereocenters. The average molecular weight is 493 g/mol. The Morgan fingerprint density at radius 2 is 1.78 bits per heavy atom. The Balaban J connectivity index is 1.31. The molecule has 2 heterocycles. The van der Waals surface area contributed by atoms with Gasteiger partial charge in [0, 0.05) is 23.9 Å². The molecule has 0 fully saturated rings. The summed E-state index contributed by atoms with van der Waals surface area (Å²) in [6.07, 6.45) is -4.36. The Bertz CT molecular complexity index is 1580. The van der Waals surface area contributed by atoms with Crippen LogP contribution in [0, 0.1) is 6.92 Å². The van der Waals surface area contributed by atoms with E-state index in [-0.39, 0.29) is 25.4 Å². The molecule has 0 spiro atoms. The fraction of sp³-hybridized carbons (Fsp3) is 0.185. The molecule has 0 saturated heterocycles. The van der Waals surface area contributed by atoms with Gasteiger partial charge in [-0.1, -0.05) is 54.6 Å². The minimum Gasteiger partial charge on any atom is -0.362 e. The van der Waals surface area contributed by atoms with Gasteiger partial charge in [0.25, 0.3) is 5.56 Å². The number of H-pyrrole nitrogens is 1. The number of fused-ring (bicyclic) bond motifs is 2. The molecular weight excluding hydrogens is 469 g/mol. The van der Waals surface area contributed by atoms with Crippen molar-refractivity contribution in [3.8, 4) is 11.1 Å². The van der Waals surface area contributed by atoms with Crippen LogP contribution in [0.25, 0.3) is 27.5 Å². The fourth-order valence-corrected chi connectivity index (χ4v) is 4.26. The zero-order valence-corrected chi connectivity index (χ0v) is 19.4. The lowest BCUT2D eigenvalue weighted by Gasteiger charge is -2.09. The van der Waals surface area contributed by atoms with E-state index in [0.717, 1.165) is 39.7 Å². The molecule has 5 rings (SSSR count). The summed E-state index contributed by atoms with van der Waals surface area (Å²) in [4.78, 5) is 17.5. The van der Waals surface area contributed by atoms with Gasteiger partial charge in [0.05, 0.1) is 24.6 Å². The molecule has 2 N–H and O–H groups in total. The van der Waals surface area contributed by atoms with E-state index in [2.05, 4.69) is 10.4 Å². The van der Waals surface area contributed by atoms with Crippen molar-refractivity contribution in [3.05, 3.63) is 106 Å². The second kappa shape index (κ2) is 9.60. The molecule has 0 aliphatic rings. The molecule has 184 valence electrons. The van der Waals surface area contributed by atoms with Crippen LogP contribution in [0.2, 0.25) is 0 Å². The van der Waals surface area contributed by atoms with Crippen molar-refractivity contribution >= 4 is 16.4 Å². The van der Waals surface area contributed by atoms with Gasteiger partial charge in [0.2, 0.25) is 0 Å². The van der Waals surface area contributed by atoms with Crippen LogP contribution < -0.4 is 10.9 Å². The maximum Gasteiger partial charge on any atom is 0.416 e. The van der Waals surface area contributed by atoms with Crippen LogP contribution in [0.3, 0.4) is 0 Å². The van der Waals surface area contributed by atoms with Crippen molar-refractivity contribution in [2.45, 2.75) is 26.3 Å². The number of hydrogen-bond acceptors (Lipinski definition) is 4. The van der Waals surface area contributed by atoms with Crippen molar-refractivity contribution in [3.63, 3.8) is 0 Å². The maximum absolute atomic E-state index is 12.8. The van der Waals surface area contributed by atoms with Crippen LogP contribution in [-0.2, 0) is 24.1 Å². The largest absolute Gasteiger partial charge is 0.416 e. The Hall–Kier alpha value is -3.95. The third-order valence-corrected chi connectivity index (χ3v) is 5.97. The molecule has 36 heavy (non-hydrogen) atoms. The fourth-order valence-electron chi connectivity index (χ4n) is 4.26. The summed E-state index contributed by atoms with van der Waals surface area (Å²) in [5.41, 5.74) is 3.49. The molecule has 3 aromatic carbocycles. The smallest absolute Gasteiger partial charge is 0.362 e. The number of rotatable bonds is 7. The third kappa shape index (κ3) is 4.75. The molecule has 0 atom stereocenters. The van der Waals surface area contributed by atoms with E-state index in [1.165, 1.54) is 22.7 Å². The predicted octanol–water partition coefficient (Wildman–Crippen LogP) is 5.43. The lowest BCUT2D eigenvalue weighted by Crippen LogP contribution is -2.22. The van der Waals surface area contributed by atoms with Crippen molar-refractivity contribution in [1.82, 2.24) is 19.9 Å². The van der Waals surface area contributed by atoms with Crippen molar-refractivity contribution < 1.29 is 17.9 Å². The van der Waals surface area contributed by atoms with Crippen molar-refractivity contribution in [2.24, 2.45) is 0 Å². The van der Waals surface area contributed by atoms with Gasteiger partial charge in [-0.15, -0.1) is 0 Å². The van der Waals surface area contributed by atoms with Gasteiger partial charge in [0.15, 0.2) is 5.65 Å². The summed E-state index contributed by atoms with van der Waals surface area (Å²) < 4.78 is 45.0. The number of ether oxygens (including phenoxy) is 1. The summed E-state index contributed by atoms with van der Waals surface area (Å²) >= 11 is 0. The first kappa shape index (κ1) is 23.8. The summed E-state index contributed by atoms with van der Waals surface area (Å²) in [6.45, 7) is 2.50. The van der Waals surface area contributed by atoms with E-state index in [0.29, 0.717) is 16.9 Å². The molecule has 9 heteroatoms. The minimum absolute atomic E-state index is 0.143. The van der Waals surface area contributed by atoms with Crippen LogP contribution in [0.15, 0.2) is 77.6 Å². The van der Waals surface area contributed by atoms with Crippen molar-refractivity contribution in [1.29, 1.82) is 0 Å². The lowest BCUT2D eigenvalue weighted by atomic mass is 9.98. The van der Waals surface area contributed by atoms with E-state index in [1.807, 2.05) is 49.4 Å². The van der Waals surface area contributed by atoms with Gasteiger partial charge in [-0.25, -0.2) is 9.50 Å². The molecule has 0 bridgehead atoms. The number of hydrogen-bond donors (Lipinski definition) is 2. The van der Waals surface area contributed by atoms with Crippen LogP contribution in [0.5, 0.6) is 0 Å². The molecule has 6 nitrogen and oxygen atoms in total. The van der Waals surface area contributed by atoms with Gasteiger partial charge in [-0.2, -0.15) is 13.2 Å².